The van der Waals surface area contributed by atoms with Gasteiger partial charge in [-0.25, -0.2) is 4.98 Å². The van der Waals surface area contributed by atoms with E-state index < -0.39 is 0 Å². The van der Waals surface area contributed by atoms with Crippen LogP contribution in [0.25, 0.3) is 10.2 Å². The Bertz CT molecular complexity index is 1120. The summed E-state index contributed by atoms with van der Waals surface area (Å²) in [6.07, 6.45) is 0. The number of aryl methyl sites for hydroxylation is 3. The highest BCUT2D eigenvalue weighted by molar-refractivity contribution is 7.20. The lowest BCUT2D eigenvalue weighted by Gasteiger charge is -2.25. The molecule has 3 heterocycles. The first kappa shape index (κ1) is 21.4. The molecular formula is C23H26N4O3S. The number of nitrogens with zero attached hydrogens (tertiary/aromatic N) is 2. The second kappa shape index (κ2) is 9.13. The summed E-state index contributed by atoms with van der Waals surface area (Å²) < 4.78 is 5.30. The number of nitrogens with one attached hydrogen (secondary N) is 2. The van der Waals surface area contributed by atoms with Crippen LogP contribution in [0.1, 0.15) is 26.5 Å². The molecule has 31 heavy (non-hydrogen) atoms. The van der Waals surface area contributed by atoms with Crippen LogP contribution in [-0.2, 0) is 9.53 Å². The summed E-state index contributed by atoms with van der Waals surface area (Å²) in [4.78, 5) is 33.3. The molecule has 4 rings (SSSR count). The summed E-state index contributed by atoms with van der Waals surface area (Å²) in [7, 11) is 0. The number of amides is 2. The first-order valence-corrected chi connectivity index (χ1v) is 11.1. The van der Waals surface area contributed by atoms with Gasteiger partial charge in [0.05, 0.1) is 24.6 Å². The Morgan fingerprint density at radius 2 is 1.71 bits per heavy atom. The fourth-order valence-electron chi connectivity index (χ4n) is 3.82. The topological polar surface area (TPSA) is 83.6 Å². The standard InChI is InChI=1S/C23H26N4O3S/c1-14-12-15(2)24-23-20(14)16(3)21(31-23)22(29)26-18-6-4-17(5-7-18)25-19(28)13-27-8-10-30-11-9-27/h4-7,12H,8-11,13H2,1-3H3,(H,25,28)(H,26,29). The Kier molecular flexibility index (Phi) is 6.31. The van der Waals surface area contributed by atoms with Gasteiger partial charge in [-0.15, -0.1) is 11.3 Å². The zero-order valence-corrected chi connectivity index (χ0v) is 18.8. The van der Waals surface area contributed by atoms with Crippen molar-refractivity contribution in [3.05, 3.63) is 52.0 Å². The molecule has 1 aromatic carbocycles. The predicted molar refractivity (Wildman–Crippen MR) is 124 cm³/mol. The monoisotopic (exact) mass is 438 g/mol. The zero-order chi connectivity index (χ0) is 22.0. The summed E-state index contributed by atoms with van der Waals surface area (Å²) in [6.45, 7) is 9.18. The summed E-state index contributed by atoms with van der Waals surface area (Å²) in [5.74, 6) is -0.209. The van der Waals surface area contributed by atoms with Gasteiger partial charge in [-0.1, -0.05) is 0 Å². The SMILES string of the molecule is Cc1cc(C)c2c(C)c(C(=O)Nc3ccc(NC(=O)CN4CCOCC4)cc3)sc2n1. The molecule has 162 valence electrons. The number of thiophene rings is 1. The van der Waals surface area contributed by atoms with E-state index in [0.717, 1.165) is 40.1 Å². The van der Waals surface area contributed by atoms with Crippen molar-refractivity contribution in [1.29, 1.82) is 0 Å². The van der Waals surface area contributed by atoms with Crippen LogP contribution in [0.4, 0.5) is 11.4 Å². The van der Waals surface area contributed by atoms with Crippen molar-refractivity contribution in [3.8, 4) is 0 Å². The molecule has 2 aromatic heterocycles. The van der Waals surface area contributed by atoms with Crippen molar-refractivity contribution in [2.45, 2.75) is 20.8 Å². The molecule has 0 radical (unpaired) electrons. The number of anilines is 2. The van der Waals surface area contributed by atoms with Gasteiger partial charge in [-0.3, -0.25) is 14.5 Å². The van der Waals surface area contributed by atoms with Gasteiger partial charge in [0.2, 0.25) is 5.91 Å². The third kappa shape index (κ3) is 4.92. The first-order valence-electron chi connectivity index (χ1n) is 10.3. The molecule has 2 N–H and O–H groups in total. The van der Waals surface area contributed by atoms with E-state index in [1.54, 1.807) is 24.3 Å². The number of rotatable bonds is 5. The maximum absolute atomic E-state index is 12.9. The van der Waals surface area contributed by atoms with Gasteiger partial charge >= 0.3 is 0 Å². The largest absolute Gasteiger partial charge is 0.379 e. The highest BCUT2D eigenvalue weighted by Crippen LogP contribution is 2.32. The van der Waals surface area contributed by atoms with Crippen molar-refractivity contribution in [2.75, 3.05) is 43.5 Å². The van der Waals surface area contributed by atoms with Gasteiger partial charge in [0, 0.05) is 35.5 Å². The number of hydrogen-bond donors (Lipinski definition) is 2. The van der Waals surface area contributed by atoms with E-state index in [1.807, 2.05) is 26.8 Å². The van der Waals surface area contributed by atoms with E-state index in [2.05, 4.69) is 20.5 Å². The number of pyridine rings is 1. The van der Waals surface area contributed by atoms with Gasteiger partial charge in [0.15, 0.2) is 0 Å². The van der Waals surface area contributed by atoms with Crippen LogP contribution in [0.3, 0.4) is 0 Å². The molecule has 3 aromatic rings. The van der Waals surface area contributed by atoms with Crippen LogP contribution >= 0.6 is 11.3 Å². The zero-order valence-electron chi connectivity index (χ0n) is 17.9. The van der Waals surface area contributed by atoms with Crippen LogP contribution in [-0.4, -0.2) is 54.5 Å². The second-order valence-electron chi connectivity index (χ2n) is 7.79. The maximum atomic E-state index is 12.9. The molecule has 2 amide bonds. The molecule has 1 aliphatic rings. The highest BCUT2D eigenvalue weighted by atomic mass is 32.1. The fourth-order valence-corrected chi connectivity index (χ4v) is 5.02. The van der Waals surface area contributed by atoms with Crippen LogP contribution in [0.15, 0.2) is 30.3 Å². The average molecular weight is 439 g/mol. The Morgan fingerprint density at radius 1 is 1.06 bits per heavy atom. The Labute approximate surface area is 185 Å². The average Bonchev–Trinajstić information content (AvgIpc) is 3.06. The fraction of sp³-hybridized carbons (Fsp3) is 0.348. The Balaban J connectivity index is 1.40. The summed E-state index contributed by atoms with van der Waals surface area (Å²) in [5.41, 5.74) is 4.41. The number of aromatic nitrogens is 1. The van der Waals surface area contributed by atoms with Gasteiger partial charge in [-0.2, -0.15) is 0 Å². The van der Waals surface area contributed by atoms with Crippen molar-refractivity contribution >= 4 is 44.7 Å². The van der Waals surface area contributed by atoms with Gasteiger partial charge in [0.1, 0.15) is 4.83 Å². The number of hydrogen-bond acceptors (Lipinski definition) is 6. The third-order valence-electron chi connectivity index (χ3n) is 5.33. The maximum Gasteiger partial charge on any atom is 0.266 e. The lowest BCUT2D eigenvalue weighted by molar-refractivity contribution is -0.118. The number of morpholine rings is 1. The molecule has 0 unspecified atom stereocenters. The van der Waals surface area contributed by atoms with Crippen LogP contribution in [0.5, 0.6) is 0 Å². The molecular weight excluding hydrogens is 412 g/mol. The van der Waals surface area contributed by atoms with E-state index >= 15 is 0 Å². The minimum Gasteiger partial charge on any atom is -0.379 e. The number of carbonyl (C=O) groups excluding carboxylic acids is 2. The molecule has 0 bridgehead atoms. The normalized spacial score (nSPS) is 14.5. The van der Waals surface area contributed by atoms with E-state index in [4.69, 9.17) is 4.74 Å². The second-order valence-corrected chi connectivity index (χ2v) is 8.78. The van der Waals surface area contributed by atoms with Crippen LogP contribution in [0.2, 0.25) is 0 Å². The molecule has 8 heteroatoms. The Hall–Kier alpha value is -2.81. The minimum atomic E-state index is -0.151. The summed E-state index contributed by atoms with van der Waals surface area (Å²) in [6, 6.07) is 9.20. The predicted octanol–water partition coefficient (Wildman–Crippen LogP) is 3.74. The summed E-state index contributed by atoms with van der Waals surface area (Å²) >= 11 is 1.41. The van der Waals surface area contributed by atoms with E-state index in [0.29, 0.717) is 36.0 Å². The van der Waals surface area contributed by atoms with Crippen LogP contribution in [0, 0.1) is 20.8 Å². The lowest BCUT2D eigenvalue weighted by Crippen LogP contribution is -2.41. The molecule has 0 atom stereocenters. The molecule has 7 nitrogen and oxygen atoms in total. The molecule has 0 aliphatic carbocycles. The minimum absolute atomic E-state index is 0.0576. The number of fused-ring (bicyclic) bond motifs is 1. The number of carbonyl (C=O) groups is 2. The van der Waals surface area contributed by atoms with E-state index in [9.17, 15) is 9.59 Å². The van der Waals surface area contributed by atoms with Gasteiger partial charge in [0.25, 0.3) is 5.91 Å². The van der Waals surface area contributed by atoms with Crippen molar-refractivity contribution < 1.29 is 14.3 Å². The quantitative estimate of drug-likeness (QED) is 0.634. The first-order chi connectivity index (χ1) is 14.9. The van der Waals surface area contributed by atoms with Gasteiger partial charge < -0.3 is 15.4 Å². The van der Waals surface area contributed by atoms with E-state index in [1.165, 1.54) is 11.3 Å². The molecule has 0 spiro atoms. The molecule has 1 saturated heterocycles. The molecule has 1 fully saturated rings. The third-order valence-corrected chi connectivity index (χ3v) is 6.51. The molecule has 1 aliphatic heterocycles. The van der Waals surface area contributed by atoms with Gasteiger partial charge in [-0.05, 0) is 62.2 Å². The summed E-state index contributed by atoms with van der Waals surface area (Å²) in [5, 5.41) is 6.90. The van der Waals surface area contributed by atoms with E-state index in [-0.39, 0.29) is 11.8 Å². The van der Waals surface area contributed by atoms with Crippen LogP contribution < -0.4 is 10.6 Å². The number of benzene rings is 1. The molecule has 0 saturated carbocycles. The van der Waals surface area contributed by atoms with Crippen molar-refractivity contribution in [3.63, 3.8) is 0 Å². The lowest BCUT2D eigenvalue weighted by atomic mass is 10.1. The smallest absolute Gasteiger partial charge is 0.266 e. The van der Waals surface area contributed by atoms with Crippen molar-refractivity contribution in [1.82, 2.24) is 9.88 Å². The highest BCUT2D eigenvalue weighted by Gasteiger charge is 2.18. The van der Waals surface area contributed by atoms with Crippen molar-refractivity contribution in [2.24, 2.45) is 0 Å². The Morgan fingerprint density at radius 3 is 2.39 bits per heavy atom. The number of ether oxygens (including phenoxy) is 1.